The Morgan fingerprint density at radius 2 is 1.56 bits per heavy atom. The van der Waals surface area contributed by atoms with E-state index < -0.39 is 11.6 Å². The van der Waals surface area contributed by atoms with Crippen LogP contribution in [0.1, 0.15) is 11.1 Å². The van der Waals surface area contributed by atoms with Gasteiger partial charge in [-0.15, -0.1) is 0 Å². The number of benzene rings is 2. The molecular weight excluding hydrogens is 234 g/mol. The molecule has 0 aliphatic rings. The van der Waals surface area contributed by atoms with Gasteiger partial charge in [-0.1, -0.05) is 11.6 Å². The summed E-state index contributed by atoms with van der Waals surface area (Å²) in [5.41, 5.74) is 2.44. The lowest BCUT2D eigenvalue weighted by molar-refractivity contribution is 0.416. The van der Waals surface area contributed by atoms with Gasteiger partial charge in [-0.2, -0.15) is 0 Å². The van der Waals surface area contributed by atoms with Gasteiger partial charge >= 0.3 is 0 Å². The molecule has 18 heavy (non-hydrogen) atoms. The molecule has 0 N–H and O–H groups in total. The molecule has 1 nitrogen and oxygen atoms in total. The molecule has 0 fully saturated rings. The minimum absolute atomic E-state index is 0.230. The Morgan fingerprint density at radius 1 is 0.889 bits per heavy atom. The molecule has 0 heterocycles. The van der Waals surface area contributed by atoms with Gasteiger partial charge in [0.15, 0.2) is 11.6 Å². The summed E-state index contributed by atoms with van der Waals surface area (Å²) < 4.78 is 32.5. The lowest BCUT2D eigenvalue weighted by Crippen LogP contribution is -1.95. The Kier molecular flexibility index (Phi) is 3.32. The van der Waals surface area contributed by atoms with Crippen molar-refractivity contribution in [1.82, 2.24) is 0 Å². The smallest absolute Gasteiger partial charge is 0.166 e. The monoisotopic (exact) mass is 248 g/mol. The normalized spacial score (nSPS) is 10.5. The highest BCUT2D eigenvalue weighted by Crippen LogP contribution is 2.34. The summed E-state index contributed by atoms with van der Waals surface area (Å²) in [6.45, 7) is 3.63. The minimum Gasteiger partial charge on any atom is -0.496 e. The lowest BCUT2D eigenvalue weighted by atomic mass is 9.99. The number of hydrogen-bond donors (Lipinski definition) is 0. The zero-order valence-corrected chi connectivity index (χ0v) is 10.6. The standard InChI is InChI=1S/C15H14F2O/c1-9-4-5-14(18-3)11(6-9)12-7-10(2)8-13(16)15(12)17/h4-8H,1-3H3. The third-order valence-electron chi connectivity index (χ3n) is 2.82. The molecule has 0 spiro atoms. The van der Waals surface area contributed by atoms with Crippen molar-refractivity contribution >= 4 is 0 Å². The van der Waals surface area contributed by atoms with E-state index in [0.29, 0.717) is 16.9 Å². The molecule has 0 amide bonds. The number of aryl methyl sites for hydroxylation is 2. The number of ether oxygens (including phenoxy) is 1. The van der Waals surface area contributed by atoms with Crippen LogP contribution in [-0.2, 0) is 0 Å². The van der Waals surface area contributed by atoms with E-state index in [9.17, 15) is 8.78 Å². The van der Waals surface area contributed by atoms with Gasteiger partial charge in [0, 0.05) is 11.1 Å². The zero-order valence-electron chi connectivity index (χ0n) is 10.6. The first-order chi connectivity index (χ1) is 8.52. The fourth-order valence-corrected chi connectivity index (χ4v) is 1.95. The number of halogens is 2. The van der Waals surface area contributed by atoms with Crippen molar-refractivity contribution in [1.29, 1.82) is 0 Å². The van der Waals surface area contributed by atoms with Gasteiger partial charge in [-0.05, 0) is 43.7 Å². The topological polar surface area (TPSA) is 9.23 Å². The van der Waals surface area contributed by atoms with Crippen LogP contribution in [0.4, 0.5) is 8.78 Å². The highest BCUT2D eigenvalue weighted by molar-refractivity contribution is 5.72. The van der Waals surface area contributed by atoms with E-state index in [1.54, 1.807) is 25.1 Å². The van der Waals surface area contributed by atoms with Crippen molar-refractivity contribution in [2.24, 2.45) is 0 Å². The first-order valence-corrected chi connectivity index (χ1v) is 5.63. The van der Waals surface area contributed by atoms with Crippen LogP contribution >= 0.6 is 0 Å². The maximum Gasteiger partial charge on any atom is 0.166 e. The summed E-state index contributed by atoms with van der Waals surface area (Å²) >= 11 is 0. The number of hydrogen-bond acceptors (Lipinski definition) is 1. The van der Waals surface area contributed by atoms with Gasteiger partial charge in [0.1, 0.15) is 5.75 Å². The average Bonchev–Trinajstić information content (AvgIpc) is 2.33. The first-order valence-electron chi connectivity index (χ1n) is 5.63. The molecule has 0 aliphatic heterocycles. The average molecular weight is 248 g/mol. The van der Waals surface area contributed by atoms with E-state index in [2.05, 4.69) is 0 Å². The second-order valence-electron chi connectivity index (χ2n) is 4.31. The van der Waals surface area contributed by atoms with Gasteiger partial charge in [-0.25, -0.2) is 8.78 Å². The van der Waals surface area contributed by atoms with Crippen molar-refractivity contribution in [3.63, 3.8) is 0 Å². The molecule has 0 saturated carbocycles. The van der Waals surface area contributed by atoms with Crippen LogP contribution in [0.25, 0.3) is 11.1 Å². The third-order valence-corrected chi connectivity index (χ3v) is 2.82. The Morgan fingerprint density at radius 3 is 2.22 bits per heavy atom. The fourth-order valence-electron chi connectivity index (χ4n) is 1.95. The van der Waals surface area contributed by atoms with Gasteiger partial charge in [0.25, 0.3) is 0 Å². The molecule has 0 unspecified atom stereocenters. The molecule has 0 bridgehead atoms. The summed E-state index contributed by atoms with van der Waals surface area (Å²) in [4.78, 5) is 0. The number of methoxy groups -OCH3 is 1. The van der Waals surface area contributed by atoms with Crippen LogP contribution in [0.5, 0.6) is 5.75 Å². The van der Waals surface area contributed by atoms with Gasteiger partial charge < -0.3 is 4.74 Å². The van der Waals surface area contributed by atoms with Gasteiger partial charge in [-0.3, -0.25) is 0 Å². The number of rotatable bonds is 2. The summed E-state index contributed by atoms with van der Waals surface area (Å²) in [5.74, 6) is -1.15. The van der Waals surface area contributed by atoms with Crippen molar-refractivity contribution in [3.8, 4) is 16.9 Å². The van der Waals surface area contributed by atoms with Crippen LogP contribution in [0, 0.1) is 25.5 Å². The summed E-state index contributed by atoms with van der Waals surface area (Å²) in [5, 5.41) is 0. The summed E-state index contributed by atoms with van der Waals surface area (Å²) in [6, 6.07) is 8.21. The molecule has 2 aromatic rings. The lowest BCUT2D eigenvalue weighted by Gasteiger charge is -2.11. The van der Waals surface area contributed by atoms with Crippen molar-refractivity contribution in [2.75, 3.05) is 7.11 Å². The Bertz CT molecular complexity index is 591. The third kappa shape index (κ3) is 2.21. The maximum absolute atomic E-state index is 13.9. The van der Waals surface area contributed by atoms with E-state index in [0.717, 1.165) is 5.56 Å². The molecule has 0 saturated heterocycles. The van der Waals surface area contributed by atoms with E-state index in [1.807, 2.05) is 13.0 Å². The Labute approximate surface area is 105 Å². The minimum atomic E-state index is -0.843. The van der Waals surface area contributed by atoms with Crippen molar-refractivity contribution < 1.29 is 13.5 Å². The van der Waals surface area contributed by atoms with Crippen LogP contribution < -0.4 is 4.74 Å². The largest absolute Gasteiger partial charge is 0.496 e. The van der Waals surface area contributed by atoms with Crippen LogP contribution in [0.2, 0.25) is 0 Å². The summed E-state index contributed by atoms with van der Waals surface area (Å²) in [6.07, 6.45) is 0. The second kappa shape index (κ2) is 4.77. The van der Waals surface area contributed by atoms with Gasteiger partial charge in [0.05, 0.1) is 7.11 Å². The Hall–Kier alpha value is -1.90. The van der Waals surface area contributed by atoms with Crippen molar-refractivity contribution in [3.05, 3.63) is 53.1 Å². The molecule has 0 radical (unpaired) electrons. The quantitative estimate of drug-likeness (QED) is 0.771. The van der Waals surface area contributed by atoms with Gasteiger partial charge in [0.2, 0.25) is 0 Å². The zero-order chi connectivity index (χ0) is 13.3. The second-order valence-corrected chi connectivity index (χ2v) is 4.31. The molecule has 94 valence electrons. The van der Waals surface area contributed by atoms with Crippen LogP contribution in [0.3, 0.4) is 0 Å². The first kappa shape index (κ1) is 12.6. The molecule has 0 aliphatic carbocycles. The predicted octanol–water partition coefficient (Wildman–Crippen LogP) is 4.26. The van der Waals surface area contributed by atoms with E-state index in [-0.39, 0.29) is 5.56 Å². The van der Waals surface area contributed by atoms with Crippen molar-refractivity contribution in [2.45, 2.75) is 13.8 Å². The van der Waals surface area contributed by atoms with E-state index in [1.165, 1.54) is 13.2 Å². The fraction of sp³-hybridized carbons (Fsp3) is 0.200. The molecule has 3 heteroatoms. The highest BCUT2D eigenvalue weighted by atomic mass is 19.2. The SMILES string of the molecule is COc1ccc(C)cc1-c1cc(C)cc(F)c1F. The predicted molar refractivity (Wildman–Crippen MR) is 67.8 cm³/mol. The molecule has 2 aromatic carbocycles. The molecule has 0 aromatic heterocycles. The molecule has 2 rings (SSSR count). The molecule has 0 atom stereocenters. The summed E-state index contributed by atoms with van der Waals surface area (Å²) in [7, 11) is 1.51. The Balaban J connectivity index is 2.72. The maximum atomic E-state index is 13.9. The highest BCUT2D eigenvalue weighted by Gasteiger charge is 2.15. The molecular formula is C15H14F2O. The van der Waals surface area contributed by atoms with Crippen LogP contribution in [0.15, 0.2) is 30.3 Å². The van der Waals surface area contributed by atoms with E-state index in [4.69, 9.17) is 4.74 Å². The van der Waals surface area contributed by atoms with Crippen LogP contribution in [-0.4, -0.2) is 7.11 Å². The van der Waals surface area contributed by atoms with E-state index >= 15 is 0 Å².